The molecule has 190 valence electrons. The molecule has 2 aromatic carbocycles. The fourth-order valence-corrected chi connectivity index (χ4v) is 5.05. The molecule has 10 heteroatoms. The topological polar surface area (TPSA) is 125 Å². The SMILES string of the molecule is COc1ccc(Cl)cc1-c1ccc2c(c1)C(=O)N1C[C@@H](NC(=O)CC(C)(C)CC(=O)O)C[C@H]1C(=O)N2. The highest BCUT2D eigenvalue weighted by atomic mass is 35.5. The summed E-state index contributed by atoms with van der Waals surface area (Å²) in [5.41, 5.74) is 1.45. The number of halogens is 1. The van der Waals surface area contributed by atoms with E-state index >= 15 is 0 Å². The Hall–Kier alpha value is -3.59. The Balaban J connectivity index is 1.55. The molecule has 2 heterocycles. The van der Waals surface area contributed by atoms with E-state index in [1.54, 1.807) is 57.4 Å². The molecule has 2 aromatic rings. The van der Waals surface area contributed by atoms with Crippen LogP contribution in [0.4, 0.5) is 5.69 Å². The lowest BCUT2D eigenvalue weighted by Gasteiger charge is -2.23. The highest BCUT2D eigenvalue weighted by Gasteiger charge is 2.43. The van der Waals surface area contributed by atoms with Crippen LogP contribution in [0.15, 0.2) is 36.4 Å². The molecule has 2 aliphatic heterocycles. The number of fused-ring (bicyclic) bond motifs is 2. The number of anilines is 1. The Morgan fingerprint density at radius 3 is 2.61 bits per heavy atom. The van der Waals surface area contributed by atoms with Crippen molar-refractivity contribution < 1.29 is 29.0 Å². The maximum absolute atomic E-state index is 13.5. The fourth-order valence-electron chi connectivity index (χ4n) is 4.87. The molecule has 0 aromatic heterocycles. The van der Waals surface area contributed by atoms with Gasteiger partial charge in [-0.3, -0.25) is 19.2 Å². The van der Waals surface area contributed by atoms with Gasteiger partial charge in [-0.05, 0) is 47.7 Å². The van der Waals surface area contributed by atoms with Crippen molar-refractivity contribution in [2.75, 3.05) is 19.0 Å². The minimum Gasteiger partial charge on any atom is -0.496 e. The molecule has 0 bridgehead atoms. The van der Waals surface area contributed by atoms with Gasteiger partial charge in [0.05, 0.1) is 24.8 Å². The maximum Gasteiger partial charge on any atom is 0.303 e. The molecule has 4 rings (SSSR count). The third-order valence-electron chi connectivity index (χ3n) is 6.48. The lowest BCUT2D eigenvalue weighted by Crippen LogP contribution is -2.41. The van der Waals surface area contributed by atoms with Gasteiger partial charge in [0, 0.05) is 29.6 Å². The van der Waals surface area contributed by atoms with Gasteiger partial charge in [0.25, 0.3) is 5.91 Å². The number of carboxylic acid groups (broad SMARTS) is 1. The van der Waals surface area contributed by atoms with Crippen LogP contribution in [-0.2, 0) is 14.4 Å². The average Bonchev–Trinajstić information content (AvgIpc) is 3.17. The summed E-state index contributed by atoms with van der Waals surface area (Å²) in [6, 6.07) is 9.24. The first-order valence-electron chi connectivity index (χ1n) is 11.6. The molecule has 1 saturated heterocycles. The first-order valence-corrected chi connectivity index (χ1v) is 12.0. The van der Waals surface area contributed by atoms with Gasteiger partial charge in [0.1, 0.15) is 11.8 Å². The number of hydrogen-bond donors (Lipinski definition) is 3. The number of rotatable bonds is 7. The van der Waals surface area contributed by atoms with Crippen LogP contribution in [0.3, 0.4) is 0 Å². The van der Waals surface area contributed by atoms with Crippen molar-refractivity contribution in [1.82, 2.24) is 10.2 Å². The molecule has 0 unspecified atom stereocenters. The Kier molecular flexibility index (Phi) is 6.95. The van der Waals surface area contributed by atoms with E-state index in [0.29, 0.717) is 33.1 Å². The standard InChI is InChI=1S/C26H28ClN3O6/c1-26(2,12-23(32)33)11-22(31)28-16-10-20-24(34)29-19-6-4-14(8-18(19)25(35)30(20)13-16)17-9-15(27)5-7-21(17)36-3/h4-9,16,20H,10-13H2,1-3H3,(H,28,31)(H,29,34)(H,32,33)/t16-,20-/m0/s1. The largest absolute Gasteiger partial charge is 0.496 e. The Morgan fingerprint density at radius 1 is 1.17 bits per heavy atom. The van der Waals surface area contributed by atoms with Crippen LogP contribution >= 0.6 is 11.6 Å². The van der Waals surface area contributed by atoms with Gasteiger partial charge < -0.3 is 25.4 Å². The highest BCUT2D eigenvalue weighted by molar-refractivity contribution is 6.31. The zero-order valence-corrected chi connectivity index (χ0v) is 21.0. The third-order valence-corrected chi connectivity index (χ3v) is 6.71. The van der Waals surface area contributed by atoms with Gasteiger partial charge in [-0.25, -0.2) is 0 Å². The predicted octanol–water partition coefficient (Wildman–Crippen LogP) is 3.56. The van der Waals surface area contributed by atoms with E-state index in [1.165, 1.54) is 4.90 Å². The molecule has 36 heavy (non-hydrogen) atoms. The summed E-state index contributed by atoms with van der Waals surface area (Å²) >= 11 is 6.18. The molecule has 2 aliphatic rings. The highest BCUT2D eigenvalue weighted by Crippen LogP contribution is 2.37. The van der Waals surface area contributed by atoms with E-state index in [0.717, 1.165) is 0 Å². The number of aliphatic carboxylic acids is 1. The normalized spacial score (nSPS) is 19.2. The van der Waals surface area contributed by atoms with Crippen molar-refractivity contribution in [1.29, 1.82) is 0 Å². The van der Waals surface area contributed by atoms with Crippen LogP contribution in [0.1, 0.15) is 43.5 Å². The number of carboxylic acids is 1. The van der Waals surface area contributed by atoms with E-state index in [4.69, 9.17) is 21.4 Å². The quantitative estimate of drug-likeness (QED) is 0.520. The number of ether oxygens (including phenoxy) is 1. The third kappa shape index (κ3) is 5.31. The van der Waals surface area contributed by atoms with Crippen LogP contribution in [0.25, 0.3) is 11.1 Å². The van der Waals surface area contributed by atoms with Gasteiger partial charge in [-0.15, -0.1) is 0 Å². The zero-order valence-electron chi connectivity index (χ0n) is 20.3. The summed E-state index contributed by atoms with van der Waals surface area (Å²) in [6.45, 7) is 3.60. The van der Waals surface area contributed by atoms with E-state index in [-0.39, 0.29) is 43.5 Å². The Labute approximate surface area is 213 Å². The molecule has 3 amide bonds. The molecule has 3 N–H and O–H groups in total. The molecule has 9 nitrogen and oxygen atoms in total. The van der Waals surface area contributed by atoms with Crippen molar-refractivity contribution >= 4 is 41.0 Å². The first kappa shape index (κ1) is 25.5. The smallest absolute Gasteiger partial charge is 0.303 e. The molecule has 0 radical (unpaired) electrons. The zero-order chi connectivity index (χ0) is 26.2. The second-order valence-corrected chi connectivity index (χ2v) is 10.4. The average molecular weight is 514 g/mol. The van der Waals surface area contributed by atoms with Crippen molar-refractivity contribution in [3.05, 3.63) is 47.0 Å². The minimum atomic E-state index is -0.974. The lowest BCUT2D eigenvalue weighted by atomic mass is 9.85. The fraction of sp³-hybridized carbons (Fsp3) is 0.385. The van der Waals surface area contributed by atoms with Crippen LogP contribution in [-0.4, -0.2) is 59.4 Å². The Bertz CT molecular complexity index is 1240. The minimum absolute atomic E-state index is 0.0221. The van der Waals surface area contributed by atoms with Crippen LogP contribution < -0.4 is 15.4 Å². The molecule has 0 spiro atoms. The van der Waals surface area contributed by atoms with Gasteiger partial charge in [-0.1, -0.05) is 31.5 Å². The summed E-state index contributed by atoms with van der Waals surface area (Å²) in [5, 5.41) is 15.3. The van der Waals surface area contributed by atoms with Gasteiger partial charge in [-0.2, -0.15) is 0 Å². The van der Waals surface area contributed by atoms with E-state index < -0.39 is 23.5 Å². The number of hydrogen-bond acceptors (Lipinski definition) is 5. The first-order chi connectivity index (χ1) is 17.0. The van der Waals surface area contributed by atoms with Gasteiger partial charge >= 0.3 is 5.97 Å². The summed E-state index contributed by atoms with van der Waals surface area (Å²) < 4.78 is 5.45. The van der Waals surface area contributed by atoms with Crippen molar-refractivity contribution in [3.8, 4) is 16.9 Å². The second kappa shape index (κ2) is 9.81. The number of methoxy groups -OCH3 is 1. The number of benzene rings is 2. The predicted molar refractivity (Wildman–Crippen MR) is 134 cm³/mol. The van der Waals surface area contributed by atoms with Crippen LogP contribution in [0.2, 0.25) is 5.02 Å². The number of amides is 3. The second-order valence-electron chi connectivity index (χ2n) is 9.98. The summed E-state index contributed by atoms with van der Waals surface area (Å²) in [5.74, 6) is -1.33. The van der Waals surface area contributed by atoms with Crippen LogP contribution in [0, 0.1) is 5.41 Å². The molecule has 1 fully saturated rings. The maximum atomic E-state index is 13.5. The van der Waals surface area contributed by atoms with E-state index in [9.17, 15) is 19.2 Å². The van der Waals surface area contributed by atoms with E-state index in [1.807, 2.05) is 0 Å². The van der Waals surface area contributed by atoms with Crippen molar-refractivity contribution in [2.45, 2.75) is 45.2 Å². The van der Waals surface area contributed by atoms with Gasteiger partial charge in [0.2, 0.25) is 11.8 Å². The van der Waals surface area contributed by atoms with Gasteiger partial charge in [0.15, 0.2) is 0 Å². The van der Waals surface area contributed by atoms with Crippen molar-refractivity contribution in [3.63, 3.8) is 0 Å². The molecular formula is C26H28ClN3O6. The number of nitrogens with one attached hydrogen (secondary N) is 2. The number of nitrogens with zero attached hydrogens (tertiary/aromatic N) is 1. The molecule has 2 atom stereocenters. The number of carbonyl (C=O) groups excluding carboxylic acids is 3. The Morgan fingerprint density at radius 2 is 1.92 bits per heavy atom. The monoisotopic (exact) mass is 513 g/mol. The lowest BCUT2D eigenvalue weighted by molar-refractivity contribution is -0.139. The van der Waals surface area contributed by atoms with E-state index in [2.05, 4.69) is 10.6 Å². The molecule has 0 aliphatic carbocycles. The molecular weight excluding hydrogens is 486 g/mol. The summed E-state index contributed by atoms with van der Waals surface area (Å²) in [7, 11) is 1.55. The van der Waals surface area contributed by atoms with Crippen LogP contribution in [0.5, 0.6) is 5.75 Å². The van der Waals surface area contributed by atoms with Crippen molar-refractivity contribution in [2.24, 2.45) is 5.41 Å². The molecule has 0 saturated carbocycles. The number of carbonyl (C=O) groups is 4. The summed E-state index contributed by atoms with van der Waals surface area (Å²) in [6.07, 6.45) is 0.150. The summed E-state index contributed by atoms with van der Waals surface area (Å²) in [4.78, 5) is 51.6.